The molecular formula is C19H18F2N3O6P. The fourth-order valence-corrected chi connectivity index (χ4v) is 3.58. The molecule has 2 N–H and O–H groups in total. The van der Waals surface area contributed by atoms with Crippen molar-refractivity contribution in [1.29, 1.82) is 0 Å². The smallest absolute Gasteiger partial charge is 0.415 e. The van der Waals surface area contributed by atoms with Gasteiger partial charge in [-0.3, -0.25) is 4.79 Å². The van der Waals surface area contributed by atoms with E-state index in [1.807, 2.05) is 5.63 Å². The number of amides is 3. The summed E-state index contributed by atoms with van der Waals surface area (Å²) in [5, 5.41) is 11.9. The van der Waals surface area contributed by atoms with Crippen LogP contribution in [0.1, 0.15) is 12.0 Å². The summed E-state index contributed by atoms with van der Waals surface area (Å²) in [4.78, 5) is 37.9. The monoisotopic (exact) mass is 453 g/mol. The van der Waals surface area contributed by atoms with Crippen LogP contribution < -0.4 is 10.2 Å². The molecule has 2 atom stereocenters. The van der Waals surface area contributed by atoms with Gasteiger partial charge < -0.3 is 10.1 Å². The molecule has 12 heteroatoms. The molecule has 0 aliphatic carbocycles. The van der Waals surface area contributed by atoms with Crippen LogP contribution in [0.25, 0.3) is 5.57 Å². The Labute approximate surface area is 176 Å². The van der Waals surface area contributed by atoms with Crippen molar-refractivity contribution in [2.75, 3.05) is 31.6 Å². The topological polar surface area (TPSA) is 116 Å². The molecule has 3 amide bonds. The number of hydrogen-bond acceptors (Lipinski definition) is 6. The number of hydrogen-bond donors (Lipinski definition) is 2. The molecule has 3 rings (SSSR count). The number of halogens is 2. The number of cyclic esters (lactones) is 1. The summed E-state index contributed by atoms with van der Waals surface area (Å²) < 4.78 is 44.9. The van der Waals surface area contributed by atoms with Gasteiger partial charge in [0.2, 0.25) is 0 Å². The molecule has 0 aromatic heterocycles. The summed E-state index contributed by atoms with van der Waals surface area (Å²) in [7, 11) is 0.768. The van der Waals surface area contributed by atoms with E-state index in [2.05, 4.69) is 5.32 Å². The number of ether oxygens (including phenoxy) is 1. The van der Waals surface area contributed by atoms with Gasteiger partial charge in [0.25, 0.3) is 5.91 Å². The zero-order chi connectivity index (χ0) is 22.7. The van der Waals surface area contributed by atoms with E-state index in [9.17, 15) is 32.8 Å². The Morgan fingerprint density at radius 3 is 2.58 bits per heavy atom. The van der Waals surface area contributed by atoms with Gasteiger partial charge in [-0.2, -0.15) is 0 Å². The number of rotatable bonds is 4. The molecule has 1 aromatic rings. The van der Waals surface area contributed by atoms with Gasteiger partial charge in [-0.15, -0.1) is 0 Å². The summed E-state index contributed by atoms with van der Waals surface area (Å²) in [6.07, 6.45) is -2.06. The molecule has 164 valence electrons. The number of aliphatic hydroxyl groups excluding tert-OH is 1. The maximum atomic E-state index is 14.8. The molecule has 2 aliphatic heterocycles. The van der Waals surface area contributed by atoms with Gasteiger partial charge in [-0.25, -0.2) is 4.79 Å². The number of nitrogens with one attached hydrogen (secondary N) is 1. The van der Waals surface area contributed by atoms with E-state index in [0.29, 0.717) is 5.57 Å². The SMILES string of the molecule is CNC(=O)[C@H]1CN(c2cc(F)c(C3=CCN(C(=O)[C@H](O)C#P=O)CC3)c(F)c2)C(=O)O1. The number of benzene rings is 1. The van der Waals surface area contributed by atoms with Crippen molar-refractivity contribution >= 4 is 37.1 Å². The molecule has 2 aliphatic rings. The Morgan fingerprint density at radius 2 is 2.03 bits per heavy atom. The van der Waals surface area contributed by atoms with Crippen LogP contribution in [0.3, 0.4) is 0 Å². The van der Waals surface area contributed by atoms with Gasteiger partial charge in [0.05, 0.1) is 6.54 Å². The van der Waals surface area contributed by atoms with Crippen molar-refractivity contribution in [2.24, 2.45) is 0 Å². The number of carbonyl (C=O) groups is 3. The van der Waals surface area contributed by atoms with Crippen molar-refractivity contribution in [1.82, 2.24) is 10.2 Å². The number of aliphatic hydroxyl groups is 1. The van der Waals surface area contributed by atoms with Crippen molar-refractivity contribution < 1.29 is 37.6 Å². The van der Waals surface area contributed by atoms with Crippen LogP contribution in [0.15, 0.2) is 18.2 Å². The van der Waals surface area contributed by atoms with Crippen LogP contribution in [0.4, 0.5) is 19.3 Å². The number of nitrogens with zero attached hydrogens (tertiary/aromatic N) is 2. The predicted molar refractivity (Wildman–Crippen MR) is 105 cm³/mol. The van der Waals surface area contributed by atoms with E-state index >= 15 is 0 Å². The minimum atomic E-state index is -1.65. The van der Waals surface area contributed by atoms with Crippen LogP contribution in [0.2, 0.25) is 0 Å². The zero-order valence-corrected chi connectivity index (χ0v) is 17.2. The maximum Gasteiger partial charge on any atom is 0.415 e. The van der Waals surface area contributed by atoms with Crippen LogP contribution in [0, 0.1) is 17.3 Å². The Balaban J connectivity index is 1.79. The molecule has 1 saturated heterocycles. The summed E-state index contributed by atoms with van der Waals surface area (Å²) in [6, 6.07) is 1.95. The number of likely N-dealkylation sites (N-methyl/N-ethyl adjacent to an activating group) is 1. The normalized spacial score (nSPS) is 19.3. The molecule has 2 heterocycles. The fourth-order valence-electron chi connectivity index (χ4n) is 3.37. The average Bonchev–Trinajstić information content (AvgIpc) is 3.14. The average molecular weight is 453 g/mol. The Hall–Kier alpha value is -3.00. The Morgan fingerprint density at radius 1 is 1.35 bits per heavy atom. The molecule has 1 fully saturated rings. The van der Waals surface area contributed by atoms with Crippen molar-refractivity contribution in [3.63, 3.8) is 0 Å². The van der Waals surface area contributed by atoms with Gasteiger partial charge in [-0.1, -0.05) is 0 Å². The predicted octanol–water partition coefficient (Wildman–Crippen LogP) is 1.26. The zero-order valence-electron chi connectivity index (χ0n) is 16.3. The molecule has 0 radical (unpaired) electrons. The summed E-state index contributed by atoms with van der Waals surface area (Å²) in [6.45, 7) is -0.1000. The molecule has 31 heavy (non-hydrogen) atoms. The summed E-state index contributed by atoms with van der Waals surface area (Å²) in [5.41, 5.74) is 1.97. The van der Waals surface area contributed by atoms with Gasteiger partial charge in [-0.05, 0) is 0 Å². The van der Waals surface area contributed by atoms with Crippen LogP contribution in [-0.4, -0.2) is 66.8 Å². The quantitative estimate of drug-likeness (QED) is 0.664. The van der Waals surface area contributed by atoms with E-state index in [-0.39, 0.29) is 37.3 Å². The second kappa shape index (κ2) is 9.43. The molecular weight excluding hydrogens is 435 g/mol. The standard InChI is InChI=1S/C19H18F2N3O6P/c1-22-17(26)15-8-24(19(28)30-15)11-6-12(20)16(13(21)7-11)10-2-4-23(5-3-10)18(27)14(25)9-31-29/h2,6-7,14-15,25H,3-5,8H2,1H3,(H,22,26)/t14-,15-/m1/s1. The third-order valence-corrected chi connectivity index (χ3v) is 5.29. The minimum Gasteiger partial charge on any atom is -0.434 e. The number of carbonyl (C=O) groups excluding carboxylic acids is 3. The first-order valence-electron chi connectivity index (χ1n) is 9.19. The van der Waals surface area contributed by atoms with Crippen LogP contribution in [0.5, 0.6) is 0 Å². The molecule has 0 bridgehead atoms. The van der Waals surface area contributed by atoms with Gasteiger partial charge >= 0.3 is 131 Å². The summed E-state index contributed by atoms with van der Waals surface area (Å²) in [5.74, 6) is -3.07. The maximum absolute atomic E-state index is 14.8. The van der Waals surface area contributed by atoms with Gasteiger partial charge in [0.15, 0.2) is 6.10 Å². The number of anilines is 1. The molecule has 0 unspecified atom stereocenters. The summed E-state index contributed by atoms with van der Waals surface area (Å²) >= 11 is 0. The first-order chi connectivity index (χ1) is 14.8. The van der Waals surface area contributed by atoms with Crippen molar-refractivity contribution in [3.05, 3.63) is 35.4 Å². The van der Waals surface area contributed by atoms with Gasteiger partial charge in [0, 0.05) is 7.05 Å². The van der Waals surface area contributed by atoms with Crippen molar-refractivity contribution in [2.45, 2.75) is 18.6 Å². The van der Waals surface area contributed by atoms with E-state index in [0.717, 1.165) is 17.0 Å². The third kappa shape index (κ3) is 4.69. The van der Waals surface area contributed by atoms with E-state index in [4.69, 9.17) is 4.74 Å². The van der Waals surface area contributed by atoms with Crippen molar-refractivity contribution in [3.8, 4) is 5.63 Å². The van der Waals surface area contributed by atoms with Crippen LogP contribution in [-0.2, 0) is 18.9 Å². The van der Waals surface area contributed by atoms with E-state index in [1.54, 1.807) is 0 Å². The first-order valence-corrected chi connectivity index (χ1v) is 10.0. The third-order valence-electron chi connectivity index (χ3n) is 4.94. The fraction of sp³-hybridized carbons (Fsp3) is 0.368. The van der Waals surface area contributed by atoms with Gasteiger partial charge in [0.1, 0.15) is 0 Å². The second-order valence-corrected chi connectivity index (χ2v) is 7.21. The molecule has 0 spiro atoms. The second-order valence-electron chi connectivity index (χ2n) is 6.77. The molecule has 0 saturated carbocycles. The van der Waals surface area contributed by atoms with E-state index < -0.39 is 49.7 Å². The Bertz CT molecular complexity index is 1050. The molecule has 1 aromatic carbocycles. The minimum absolute atomic E-state index is 0.00442. The van der Waals surface area contributed by atoms with E-state index in [1.165, 1.54) is 18.0 Å². The first kappa shape index (κ1) is 22.7. The molecule has 9 nitrogen and oxygen atoms in total. The Kier molecular flexibility index (Phi) is 6.90. The van der Waals surface area contributed by atoms with Crippen LogP contribution >= 0.6 is 7.92 Å². The largest absolute Gasteiger partial charge is 0.434 e.